The zero-order valence-electron chi connectivity index (χ0n) is 15.7. The lowest BCUT2D eigenvalue weighted by molar-refractivity contribution is 0.298. The van der Waals surface area contributed by atoms with E-state index in [0.29, 0.717) is 30.0 Å². The normalized spacial score (nSPS) is 11.7. The van der Waals surface area contributed by atoms with Crippen molar-refractivity contribution in [1.82, 2.24) is 4.57 Å². The van der Waals surface area contributed by atoms with E-state index in [0.717, 1.165) is 11.3 Å². The van der Waals surface area contributed by atoms with Crippen LogP contribution in [0.5, 0.6) is 11.6 Å². The van der Waals surface area contributed by atoms with Gasteiger partial charge in [-0.2, -0.15) is 0 Å². The van der Waals surface area contributed by atoms with Gasteiger partial charge in [0.25, 0.3) is 0 Å². The van der Waals surface area contributed by atoms with E-state index in [9.17, 15) is 10.0 Å². The molecule has 0 radical (unpaired) electrons. The van der Waals surface area contributed by atoms with Crippen LogP contribution in [-0.2, 0) is 12.0 Å². The highest BCUT2D eigenvalue weighted by molar-refractivity contribution is 6.31. The predicted octanol–water partition coefficient (Wildman–Crippen LogP) is 6.16. The first-order valence-corrected chi connectivity index (χ1v) is 9.26. The molecule has 0 aliphatic rings. The molecule has 2 aromatic carbocycles. The fourth-order valence-corrected chi connectivity index (χ4v) is 3.25. The maximum absolute atomic E-state index is 11.1. The van der Waals surface area contributed by atoms with Crippen LogP contribution in [0.4, 0.5) is 5.69 Å². The van der Waals surface area contributed by atoms with Crippen molar-refractivity contribution in [2.24, 2.45) is 5.18 Å². The lowest BCUT2D eigenvalue weighted by atomic mass is 9.87. The molecular weight excluding hydrogens is 364 g/mol. The van der Waals surface area contributed by atoms with Gasteiger partial charge in [-0.1, -0.05) is 44.5 Å². The Kier molecular flexibility index (Phi) is 5.42. The lowest BCUT2D eigenvalue weighted by Gasteiger charge is -2.19. The van der Waals surface area contributed by atoms with Gasteiger partial charge in [-0.3, -0.25) is 0 Å². The van der Waals surface area contributed by atoms with Crippen molar-refractivity contribution < 1.29 is 9.84 Å². The summed E-state index contributed by atoms with van der Waals surface area (Å²) in [6, 6.07) is 13.2. The number of fused-ring (bicyclic) bond motifs is 1. The number of aromatic nitrogens is 1. The Bertz CT molecular complexity index is 956. The molecular formula is C21H23ClN2O3. The number of hydrogen-bond acceptors (Lipinski definition) is 4. The Morgan fingerprint density at radius 3 is 2.48 bits per heavy atom. The Labute approximate surface area is 163 Å². The van der Waals surface area contributed by atoms with Crippen molar-refractivity contribution in [3.63, 3.8) is 0 Å². The van der Waals surface area contributed by atoms with Crippen LogP contribution >= 0.6 is 11.6 Å². The third-order valence-corrected chi connectivity index (χ3v) is 4.81. The van der Waals surface area contributed by atoms with Crippen molar-refractivity contribution >= 4 is 28.2 Å². The monoisotopic (exact) mass is 386 g/mol. The number of rotatable bonds is 6. The third-order valence-electron chi connectivity index (χ3n) is 4.58. The van der Waals surface area contributed by atoms with Crippen molar-refractivity contribution in [2.75, 3.05) is 6.61 Å². The molecule has 1 N–H and O–H groups in total. The van der Waals surface area contributed by atoms with E-state index in [-0.39, 0.29) is 17.0 Å². The molecule has 0 bridgehead atoms. The van der Waals surface area contributed by atoms with Gasteiger partial charge in [0.2, 0.25) is 5.88 Å². The van der Waals surface area contributed by atoms with Gasteiger partial charge in [0.1, 0.15) is 5.75 Å². The molecule has 0 amide bonds. The first kappa shape index (κ1) is 19.2. The molecule has 0 fully saturated rings. The number of aryl methyl sites for hydroxylation is 1. The number of aromatic hydroxyl groups is 1. The molecule has 0 unspecified atom stereocenters. The first-order chi connectivity index (χ1) is 12.8. The number of nitrogens with zero attached hydrogens (tertiary/aromatic N) is 2. The summed E-state index contributed by atoms with van der Waals surface area (Å²) in [6.45, 7) is 7.51. The SMILES string of the molecule is CC(C)(C)c1ccc(OCCCn2c(O)c(N=O)c3cc(Cl)ccc32)cc1. The average molecular weight is 387 g/mol. The molecule has 0 aliphatic heterocycles. The molecule has 0 aliphatic carbocycles. The summed E-state index contributed by atoms with van der Waals surface area (Å²) in [5.41, 5.74) is 2.11. The number of halogens is 1. The highest BCUT2D eigenvalue weighted by atomic mass is 35.5. The quantitative estimate of drug-likeness (QED) is 0.407. The van der Waals surface area contributed by atoms with E-state index in [1.165, 1.54) is 5.56 Å². The van der Waals surface area contributed by atoms with Crippen LogP contribution in [0, 0.1) is 4.91 Å². The minimum Gasteiger partial charge on any atom is -0.494 e. The highest BCUT2D eigenvalue weighted by Crippen LogP contribution is 2.39. The Morgan fingerprint density at radius 2 is 1.85 bits per heavy atom. The summed E-state index contributed by atoms with van der Waals surface area (Å²) in [5.74, 6) is 0.670. The van der Waals surface area contributed by atoms with E-state index in [4.69, 9.17) is 16.3 Å². The van der Waals surface area contributed by atoms with Crippen molar-refractivity contribution in [1.29, 1.82) is 0 Å². The highest BCUT2D eigenvalue weighted by Gasteiger charge is 2.17. The molecule has 1 heterocycles. The summed E-state index contributed by atoms with van der Waals surface area (Å²) in [4.78, 5) is 11.1. The van der Waals surface area contributed by atoms with Gasteiger partial charge in [0.15, 0.2) is 5.69 Å². The summed E-state index contributed by atoms with van der Waals surface area (Å²) >= 11 is 5.99. The van der Waals surface area contributed by atoms with Crippen molar-refractivity contribution in [3.05, 3.63) is 58.0 Å². The van der Waals surface area contributed by atoms with E-state index < -0.39 is 0 Å². The molecule has 5 nitrogen and oxygen atoms in total. The predicted molar refractivity (Wildman–Crippen MR) is 109 cm³/mol. The van der Waals surface area contributed by atoms with Gasteiger partial charge in [-0.25, -0.2) is 0 Å². The van der Waals surface area contributed by atoms with Crippen LogP contribution in [-0.4, -0.2) is 16.3 Å². The summed E-state index contributed by atoms with van der Waals surface area (Å²) in [6.07, 6.45) is 0.666. The molecule has 0 saturated heterocycles. The van der Waals surface area contributed by atoms with Crippen molar-refractivity contribution in [3.8, 4) is 11.6 Å². The molecule has 0 spiro atoms. The van der Waals surface area contributed by atoms with Crippen LogP contribution < -0.4 is 4.74 Å². The first-order valence-electron chi connectivity index (χ1n) is 8.88. The van der Waals surface area contributed by atoms with Crippen LogP contribution in [0.3, 0.4) is 0 Å². The van der Waals surface area contributed by atoms with Crippen LogP contribution in [0.1, 0.15) is 32.8 Å². The smallest absolute Gasteiger partial charge is 0.222 e. The van der Waals surface area contributed by atoms with Crippen molar-refractivity contribution in [2.45, 2.75) is 39.2 Å². The Morgan fingerprint density at radius 1 is 1.15 bits per heavy atom. The summed E-state index contributed by atoms with van der Waals surface area (Å²) in [5, 5.41) is 14.3. The second-order valence-electron chi connectivity index (χ2n) is 7.55. The van der Waals surface area contributed by atoms with E-state index >= 15 is 0 Å². The summed E-state index contributed by atoms with van der Waals surface area (Å²) in [7, 11) is 0. The standard InChI is InChI=1S/C21H23ClN2O3/c1-21(2,3)14-5-8-16(9-6-14)27-12-4-11-24-18-10-7-15(22)13-17(18)19(23-26)20(24)25/h5-10,13,25H,4,11-12H2,1-3H3. The Balaban J connectivity index is 1.66. The van der Waals surface area contributed by atoms with E-state index in [2.05, 4.69) is 38.1 Å². The second-order valence-corrected chi connectivity index (χ2v) is 7.99. The fraction of sp³-hybridized carbons (Fsp3) is 0.333. The van der Waals surface area contributed by atoms with Gasteiger partial charge in [0, 0.05) is 17.0 Å². The second kappa shape index (κ2) is 7.61. The largest absolute Gasteiger partial charge is 0.494 e. The van der Waals surface area contributed by atoms with Crippen LogP contribution in [0.15, 0.2) is 47.6 Å². The van der Waals surface area contributed by atoms with Crippen LogP contribution in [0.25, 0.3) is 10.9 Å². The van der Waals surface area contributed by atoms with Gasteiger partial charge in [-0.15, -0.1) is 4.91 Å². The maximum Gasteiger partial charge on any atom is 0.222 e. The molecule has 142 valence electrons. The van der Waals surface area contributed by atoms with E-state index in [1.54, 1.807) is 22.8 Å². The topological polar surface area (TPSA) is 63.8 Å². The lowest BCUT2D eigenvalue weighted by Crippen LogP contribution is -2.10. The number of ether oxygens (including phenoxy) is 1. The minimum absolute atomic E-state index is 0.0196. The number of benzene rings is 2. The Hall–Kier alpha value is -2.53. The van der Waals surface area contributed by atoms with Gasteiger partial charge in [-0.05, 0) is 52.9 Å². The molecule has 0 saturated carbocycles. The number of nitroso groups, excluding NO2 is 1. The molecule has 0 atom stereocenters. The minimum atomic E-state index is -0.142. The molecule has 1 aromatic heterocycles. The maximum atomic E-state index is 11.1. The van der Waals surface area contributed by atoms with Gasteiger partial charge in [0.05, 0.1) is 12.1 Å². The zero-order valence-corrected chi connectivity index (χ0v) is 16.5. The molecule has 3 aromatic rings. The van der Waals surface area contributed by atoms with Gasteiger partial charge >= 0.3 is 0 Å². The van der Waals surface area contributed by atoms with E-state index in [1.807, 2.05) is 12.1 Å². The molecule has 6 heteroatoms. The average Bonchev–Trinajstić information content (AvgIpc) is 2.88. The van der Waals surface area contributed by atoms with Crippen LogP contribution in [0.2, 0.25) is 5.02 Å². The number of hydrogen-bond donors (Lipinski definition) is 1. The fourth-order valence-electron chi connectivity index (χ4n) is 3.08. The zero-order chi connectivity index (χ0) is 19.6. The molecule has 3 rings (SSSR count). The third kappa shape index (κ3) is 4.08. The molecule has 27 heavy (non-hydrogen) atoms. The van der Waals surface area contributed by atoms with Gasteiger partial charge < -0.3 is 14.4 Å². The summed E-state index contributed by atoms with van der Waals surface area (Å²) < 4.78 is 7.46.